The first-order valence-corrected chi connectivity index (χ1v) is 8.83. The van der Waals surface area contributed by atoms with Crippen LogP contribution in [0.4, 0.5) is 4.39 Å². The zero-order valence-corrected chi connectivity index (χ0v) is 15.2. The molecule has 0 aliphatic carbocycles. The standard InChI is InChI=1S/C20H24FN5/c1-3-22-20(26(2)14-15-8-10-16(21)11-9-15)23-13-12-19-24-17-6-4-5-7-18(17)25-19/h4-11H,3,12-14H2,1-2H3,(H,22,23)(H,24,25). The first-order chi connectivity index (χ1) is 12.7. The zero-order chi connectivity index (χ0) is 18.4. The van der Waals surface area contributed by atoms with Crippen molar-refractivity contribution in [2.75, 3.05) is 20.1 Å². The number of para-hydroxylation sites is 2. The van der Waals surface area contributed by atoms with E-state index in [2.05, 4.69) is 20.3 Å². The molecule has 1 heterocycles. The lowest BCUT2D eigenvalue weighted by molar-refractivity contribution is 0.476. The molecule has 136 valence electrons. The fourth-order valence-corrected chi connectivity index (χ4v) is 2.80. The topological polar surface area (TPSA) is 56.3 Å². The quantitative estimate of drug-likeness (QED) is 0.528. The second-order valence-electron chi connectivity index (χ2n) is 6.17. The zero-order valence-electron chi connectivity index (χ0n) is 15.2. The van der Waals surface area contributed by atoms with Crippen LogP contribution >= 0.6 is 0 Å². The second kappa shape index (κ2) is 8.47. The van der Waals surface area contributed by atoms with Crippen molar-refractivity contribution >= 4 is 17.0 Å². The Morgan fingerprint density at radius 3 is 2.69 bits per heavy atom. The molecule has 0 radical (unpaired) electrons. The molecule has 0 unspecified atom stereocenters. The predicted octanol–water partition coefficient (Wildman–Crippen LogP) is 3.34. The summed E-state index contributed by atoms with van der Waals surface area (Å²) in [6.07, 6.45) is 0.744. The summed E-state index contributed by atoms with van der Waals surface area (Å²) in [5, 5.41) is 3.30. The number of benzene rings is 2. The van der Waals surface area contributed by atoms with E-state index < -0.39 is 0 Å². The van der Waals surface area contributed by atoms with Gasteiger partial charge in [0.15, 0.2) is 5.96 Å². The Balaban J connectivity index is 1.62. The smallest absolute Gasteiger partial charge is 0.193 e. The van der Waals surface area contributed by atoms with Crippen LogP contribution in [-0.4, -0.2) is 41.0 Å². The molecule has 6 heteroatoms. The molecular weight excluding hydrogens is 329 g/mol. The number of nitrogens with one attached hydrogen (secondary N) is 2. The molecule has 0 saturated carbocycles. The summed E-state index contributed by atoms with van der Waals surface area (Å²) in [5.74, 6) is 1.54. The van der Waals surface area contributed by atoms with Gasteiger partial charge in [-0.05, 0) is 36.8 Å². The maximum absolute atomic E-state index is 13.0. The molecule has 26 heavy (non-hydrogen) atoms. The normalized spacial score (nSPS) is 11.7. The molecule has 0 aliphatic rings. The highest BCUT2D eigenvalue weighted by molar-refractivity contribution is 5.79. The third-order valence-corrected chi connectivity index (χ3v) is 4.08. The van der Waals surface area contributed by atoms with Gasteiger partial charge in [0.05, 0.1) is 11.0 Å². The van der Waals surface area contributed by atoms with Crippen LogP contribution in [0.1, 0.15) is 18.3 Å². The number of imidazole rings is 1. The number of halogens is 1. The van der Waals surface area contributed by atoms with E-state index in [1.165, 1.54) is 12.1 Å². The van der Waals surface area contributed by atoms with Crippen LogP contribution in [0.25, 0.3) is 11.0 Å². The highest BCUT2D eigenvalue weighted by Crippen LogP contribution is 2.11. The van der Waals surface area contributed by atoms with E-state index in [0.29, 0.717) is 13.1 Å². The Morgan fingerprint density at radius 2 is 1.96 bits per heavy atom. The molecule has 2 aromatic carbocycles. The number of nitrogens with zero attached hydrogens (tertiary/aromatic N) is 3. The van der Waals surface area contributed by atoms with Gasteiger partial charge in [-0.25, -0.2) is 9.37 Å². The summed E-state index contributed by atoms with van der Waals surface area (Å²) >= 11 is 0. The average Bonchev–Trinajstić information content (AvgIpc) is 3.05. The van der Waals surface area contributed by atoms with Crippen molar-refractivity contribution in [1.82, 2.24) is 20.2 Å². The van der Waals surface area contributed by atoms with Crippen LogP contribution in [-0.2, 0) is 13.0 Å². The molecule has 2 N–H and O–H groups in total. The lowest BCUT2D eigenvalue weighted by Gasteiger charge is -2.22. The average molecular weight is 353 g/mol. The summed E-state index contributed by atoms with van der Waals surface area (Å²) in [7, 11) is 1.98. The molecule has 5 nitrogen and oxygen atoms in total. The number of guanidine groups is 1. The minimum absolute atomic E-state index is 0.220. The van der Waals surface area contributed by atoms with Crippen LogP contribution in [0, 0.1) is 5.82 Å². The highest BCUT2D eigenvalue weighted by Gasteiger charge is 2.07. The van der Waals surface area contributed by atoms with Crippen LogP contribution in [0.15, 0.2) is 53.5 Å². The van der Waals surface area contributed by atoms with E-state index in [-0.39, 0.29) is 5.82 Å². The van der Waals surface area contributed by atoms with Gasteiger partial charge < -0.3 is 15.2 Å². The molecule has 0 amide bonds. The van der Waals surface area contributed by atoms with Gasteiger partial charge in [0.25, 0.3) is 0 Å². The lowest BCUT2D eigenvalue weighted by Crippen LogP contribution is -2.38. The molecule has 3 rings (SSSR count). The Morgan fingerprint density at radius 1 is 1.19 bits per heavy atom. The van der Waals surface area contributed by atoms with E-state index in [9.17, 15) is 4.39 Å². The number of rotatable bonds is 6. The van der Waals surface area contributed by atoms with E-state index in [1.54, 1.807) is 12.1 Å². The van der Waals surface area contributed by atoms with Gasteiger partial charge in [0.1, 0.15) is 11.6 Å². The van der Waals surface area contributed by atoms with Crippen molar-refractivity contribution in [3.63, 3.8) is 0 Å². The van der Waals surface area contributed by atoms with Gasteiger partial charge in [0, 0.05) is 33.1 Å². The molecule has 0 atom stereocenters. The van der Waals surface area contributed by atoms with Crippen LogP contribution < -0.4 is 5.32 Å². The number of hydrogen-bond acceptors (Lipinski definition) is 2. The maximum atomic E-state index is 13.0. The Hall–Kier alpha value is -2.89. The Kier molecular flexibility index (Phi) is 5.84. The Bertz CT molecular complexity index is 836. The fourth-order valence-electron chi connectivity index (χ4n) is 2.80. The summed E-state index contributed by atoms with van der Waals surface area (Å²) in [6.45, 7) is 4.13. The summed E-state index contributed by atoms with van der Waals surface area (Å²) < 4.78 is 13.0. The lowest BCUT2D eigenvalue weighted by atomic mass is 10.2. The van der Waals surface area contributed by atoms with Gasteiger partial charge >= 0.3 is 0 Å². The van der Waals surface area contributed by atoms with Crippen molar-refractivity contribution in [3.05, 3.63) is 65.7 Å². The van der Waals surface area contributed by atoms with Crippen LogP contribution in [0.2, 0.25) is 0 Å². The number of hydrogen-bond donors (Lipinski definition) is 2. The van der Waals surface area contributed by atoms with E-state index >= 15 is 0 Å². The van der Waals surface area contributed by atoms with E-state index in [4.69, 9.17) is 0 Å². The monoisotopic (exact) mass is 353 g/mol. The molecular formula is C20H24FN5. The maximum Gasteiger partial charge on any atom is 0.193 e. The van der Waals surface area contributed by atoms with E-state index in [0.717, 1.165) is 41.3 Å². The number of aliphatic imine (C=N–C) groups is 1. The number of aromatic nitrogens is 2. The summed E-state index contributed by atoms with van der Waals surface area (Å²) in [6, 6.07) is 14.6. The number of aromatic amines is 1. The van der Waals surface area contributed by atoms with Crippen molar-refractivity contribution in [2.24, 2.45) is 4.99 Å². The summed E-state index contributed by atoms with van der Waals surface area (Å²) in [5.41, 5.74) is 3.07. The molecule has 0 aliphatic heterocycles. The van der Waals surface area contributed by atoms with Crippen LogP contribution in [0.5, 0.6) is 0 Å². The van der Waals surface area contributed by atoms with Crippen molar-refractivity contribution < 1.29 is 4.39 Å². The Labute approximate surface area is 153 Å². The largest absolute Gasteiger partial charge is 0.357 e. The van der Waals surface area contributed by atoms with Gasteiger partial charge in [0.2, 0.25) is 0 Å². The SMILES string of the molecule is CCNC(=NCCc1nc2ccccc2[nH]1)N(C)Cc1ccc(F)cc1. The van der Waals surface area contributed by atoms with Crippen molar-refractivity contribution in [3.8, 4) is 0 Å². The molecule has 0 bridgehead atoms. The van der Waals surface area contributed by atoms with Gasteiger partial charge in [-0.15, -0.1) is 0 Å². The minimum Gasteiger partial charge on any atom is -0.357 e. The van der Waals surface area contributed by atoms with Crippen molar-refractivity contribution in [2.45, 2.75) is 19.9 Å². The third kappa shape index (κ3) is 4.59. The predicted molar refractivity (Wildman–Crippen MR) is 104 cm³/mol. The number of H-pyrrole nitrogens is 1. The fraction of sp³-hybridized carbons (Fsp3) is 0.300. The third-order valence-electron chi connectivity index (χ3n) is 4.08. The molecule has 1 aromatic heterocycles. The second-order valence-corrected chi connectivity index (χ2v) is 6.17. The number of fused-ring (bicyclic) bond motifs is 1. The van der Waals surface area contributed by atoms with Gasteiger partial charge in [-0.3, -0.25) is 4.99 Å². The summed E-state index contributed by atoms with van der Waals surface area (Å²) in [4.78, 5) is 14.6. The highest BCUT2D eigenvalue weighted by atomic mass is 19.1. The minimum atomic E-state index is -0.220. The molecule has 0 saturated heterocycles. The van der Waals surface area contributed by atoms with E-state index in [1.807, 2.05) is 43.1 Å². The van der Waals surface area contributed by atoms with Crippen LogP contribution in [0.3, 0.4) is 0 Å². The first kappa shape index (κ1) is 17.9. The molecule has 0 spiro atoms. The molecule has 3 aromatic rings. The first-order valence-electron chi connectivity index (χ1n) is 8.83. The van der Waals surface area contributed by atoms with Crippen molar-refractivity contribution in [1.29, 1.82) is 0 Å². The van der Waals surface area contributed by atoms with Gasteiger partial charge in [-0.2, -0.15) is 0 Å². The van der Waals surface area contributed by atoms with Gasteiger partial charge in [-0.1, -0.05) is 24.3 Å². The molecule has 0 fully saturated rings.